The summed E-state index contributed by atoms with van der Waals surface area (Å²) in [5.41, 5.74) is 7.43. The minimum Gasteiger partial charge on any atom is -0.354 e. The van der Waals surface area contributed by atoms with Gasteiger partial charge in [-0.15, -0.1) is 5.48 Å². The summed E-state index contributed by atoms with van der Waals surface area (Å²) in [6.07, 6.45) is 5.10. The summed E-state index contributed by atoms with van der Waals surface area (Å²) in [6, 6.07) is 0.316. The second-order valence-corrected chi connectivity index (χ2v) is 2.87. The molecular formula is C7H14N2O2. The number of rotatable bonds is 2. The fraction of sp³-hybridized carbons (Fsp3) is 0.857. The minimum absolute atomic E-state index is 0.316. The molecule has 0 aromatic rings. The van der Waals surface area contributed by atoms with Crippen LogP contribution < -0.4 is 11.2 Å². The van der Waals surface area contributed by atoms with Crippen molar-refractivity contribution in [3.05, 3.63) is 0 Å². The minimum atomic E-state index is -0.754. The first-order valence-corrected chi connectivity index (χ1v) is 4.01. The topological polar surface area (TPSA) is 64.4 Å². The third-order valence-corrected chi connectivity index (χ3v) is 1.93. The molecule has 1 rings (SSSR count). The average Bonchev–Trinajstić information content (AvgIpc) is 2.03. The lowest BCUT2D eigenvalue weighted by Crippen LogP contribution is -2.34. The highest BCUT2D eigenvalue weighted by atomic mass is 16.7. The molecule has 0 saturated heterocycles. The van der Waals surface area contributed by atoms with E-state index in [9.17, 15) is 4.79 Å². The molecule has 3 N–H and O–H groups in total. The summed E-state index contributed by atoms with van der Waals surface area (Å²) in [5.74, 6) is 0. The average molecular weight is 158 g/mol. The van der Waals surface area contributed by atoms with Crippen molar-refractivity contribution in [2.75, 3.05) is 0 Å². The van der Waals surface area contributed by atoms with E-state index in [-0.39, 0.29) is 0 Å². The maximum absolute atomic E-state index is 10.2. The zero-order valence-electron chi connectivity index (χ0n) is 6.51. The van der Waals surface area contributed by atoms with Crippen molar-refractivity contribution in [1.82, 2.24) is 5.48 Å². The predicted molar refractivity (Wildman–Crippen MR) is 40.7 cm³/mol. The van der Waals surface area contributed by atoms with Crippen molar-refractivity contribution >= 4 is 6.09 Å². The van der Waals surface area contributed by atoms with Crippen molar-refractivity contribution in [3.8, 4) is 0 Å². The van der Waals surface area contributed by atoms with Crippen molar-refractivity contribution in [2.24, 2.45) is 5.73 Å². The van der Waals surface area contributed by atoms with Crippen LogP contribution in [0.5, 0.6) is 0 Å². The van der Waals surface area contributed by atoms with Gasteiger partial charge in [0, 0.05) is 6.04 Å². The van der Waals surface area contributed by atoms with Crippen LogP contribution in [0.4, 0.5) is 4.79 Å². The molecule has 0 spiro atoms. The molecule has 1 fully saturated rings. The largest absolute Gasteiger partial charge is 0.423 e. The molecule has 0 bridgehead atoms. The van der Waals surface area contributed by atoms with Crippen LogP contribution in [0.2, 0.25) is 0 Å². The Morgan fingerprint density at radius 2 is 2.00 bits per heavy atom. The normalized spacial score (nSPS) is 19.6. The summed E-state index contributed by atoms with van der Waals surface area (Å²) in [7, 11) is 0. The fourth-order valence-electron chi connectivity index (χ4n) is 1.36. The first kappa shape index (κ1) is 8.33. The fourth-order valence-corrected chi connectivity index (χ4v) is 1.36. The molecule has 11 heavy (non-hydrogen) atoms. The summed E-state index contributed by atoms with van der Waals surface area (Å²) in [4.78, 5) is 14.6. The van der Waals surface area contributed by atoms with Crippen molar-refractivity contribution in [3.63, 3.8) is 0 Å². The van der Waals surface area contributed by atoms with Crippen LogP contribution in [-0.2, 0) is 4.84 Å². The molecule has 4 nitrogen and oxygen atoms in total. The number of amides is 1. The Morgan fingerprint density at radius 3 is 2.55 bits per heavy atom. The Labute approximate surface area is 66.0 Å². The first-order chi connectivity index (χ1) is 5.29. The third-order valence-electron chi connectivity index (χ3n) is 1.93. The van der Waals surface area contributed by atoms with E-state index < -0.39 is 6.09 Å². The Morgan fingerprint density at radius 1 is 1.36 bits per heavy atom. The molecule has 0 unspecified atom stereocenters. The number of nitrogens with two attached hydrogens (primary N) is 1. The van der Waals surface area contributed by atoms with Gasteiger partial charge in [0.2, 0.25) is 0 Å². The number of carbonyl (C=O) groups excluding carboxylic acids is 1. The maximum atomic E-state index is 10.2. The molecule has 1 amide bonds. The van der Waals surface area contributed by atoms with Crippen molar-refractivity contribution in [2.45, 2.75) is 38.1 Å². The van der Waals surface area contributed by atoms with Gasteiger partial charge in [0.25, 0.3) is 0 Å². The van der Waals surface area contributed by atoms with Gasteiger partial charge < -0.3 is 10.6 Å². The predicted octanol–water partition coefficient (Wildman–Crippen LogP) is 0.919. The monoisotopic (exact) mass is 158 g/mol. The molecule has 0 aromatic carbocycles. The molecular weight excluding hydrogens is 144 g/mol. The SMILES string of the molecule is NC(=O)ONC1CCCCC1. The van der Waals surface area contributed by atoms with Crippen LogP contribution in [-0.4, -0.2) is 12.1 Å². The summed E-state index contributed by atoms with van der Waals surface area (Å²) >= 11 is 0. The molecule has 0 radical (unpaired) electrons. The number of hydroxylamine groups is 1. The van der Waals surface area contributed by atoms with Gasteiger partial charge in [-0.3, -0.25) is 0 Å². The quantitative estimate of drug-likeness (QED) is 0.587. The second kappa shape index (κ2) is 4.18. The Bertz CT molecular complexity index is 132. The molecule has 1 aliphatic carbocycles. The van der Waals surface area contributed by atoms with E-state index in [1.165, 1.54) is 19.3 Å². The van der Waals surface area contributed by atoms with Crippen molar-refractivity contribution in [1.29, 1.82) is 0 Å². The standard InChI is InChI=1S/C7H14N2O2/c8-7(10)11-9-6-4-2-1-3-5-6/h6,9H,1-5H2,(H2,8,10). The van der Waals surface area contributed by atoms with Gasteiger partial charge in [-0.2, -0.15) is 0 Å². The summed E-state index contributed by atoms with van der Waals surface area (Å²) < 4.78 is 0. The van der Waals surface area contributed by atoms with E-state index >= 15 is 0 Å². The van der Waals surface area contributed by atoms with Gasteiger partial charge in [0.1, 0.15) is 0 Å². The van der Waals surface area contributed by atoms with E-state index in [1.807, 2.05) is 0 Å². The number of primary amides is 1. The lowest BCUT2D eigenvalue weighted by Gasteiger charge is -2.20. The summed E-state index contributed by atoms with van der Waals surface area (Å²) in [6.45, 7) is 0. The van der Waals surface area contributed by atoms with Crippen LogP contribution in [0.15, 0.2) is 0 Å². The van der Waals surface area contributed by atoms with Gasteiger partial charge in [-0.25, -0.2) is 4.79 Å². The lowest BCUT2D eigenvalue weighted by atomic mass is 9.96. The highest BCUT2D eigenvalue weighted by Crippen LogP contribution is 2.16. The van der Waals surface area contributed by atoms with E-state index in [2.05, 4.69) is 10.3 Å². The van der Waals surface area contributed by atoms with Gasteiger partial charge >= 0.3 is 6.09 Å². The lowest BCUT2D eigenvalue weighted by molar-refractivity contribution is 0.0659. The molecule has 64 valence electrons. The molecule has 0 atom stereocenters. The van der Waals surface area contributed by atoms with E-state index in [4.69, 9.17) is 5.73 Å². The number of hydrogen-bond acceptors (Lipinski definition) is 3. The molecule has 1 aliphatic rings. The highest BCUT2D eigenvalue weighted by molar-refractivity contribution is 5.64. The van der Waals surface area contributed by atoms with Crippen LogP contribution in [0.25, 0.3) is 0 Å². The van der Waals surface area contributed by atoms with Crippen LogP contribution in [0, 0.1) is 0 Å². The van der Waals surface area contributed by atoms with Crippen LogP contribution in [0.3, 0.4) is 0 Å². The molecule has 1 saturated carbocycles. The third kappa shape index (κ3) is 3.23. The molecule has 0 aromatic heterocycles. The first-order valence-electron chi connectivity index (χ1n) is 4.01. The Balaban J connectivity index is 2.09. The molecule has 4 heteroatoms. The Hall–Kier alpha value is -0.770. The van der Waals surface area contributed by atoms with E-state index in [0.29, 0.717) is 6.04 Å². The van der Waals surface area contributed by atoms with Gasteiger partial charge in [-0.1, -0.05) is 19.3 Å². The maximum Gasteiger partial charge on any atom is 0.423 e. The number of carbonyl (C=O) groups is 1. The zero-order chi connectivity index (χ0) is 8.10. The van der Waals surface area contributed by atoms with E-state index in [0.717, 1.165) is 12.8 Å². The van der Waals surface area contributed by atoms with Crippen LogP contribution >= 0.6 is 0 Å². The summed E-state index contributed by atoms with van der Waals surface area (Å²) in [5, 5.41) is 0. The van der Waals surface area contributed by atoms with Gasteiger partial charge in [0.15, 0.2) is 0 Å². The highest BCUT2D eigenvalue weighted by Gasteiger charge is 2.13. The van der Waals surface area contributed by atoms with Crippen LogP contribution in [0.1, 0.15) is 32.1 Å². The van der Waals surface area contributed by atoms with Crippen molar-refractivity contribution < 1.29 is 9.63 Å². The van der Waals surface area contributed by atoms with Gasteiger partial charge in [0.05, 0.1) is 0 Å². The number of hydrogen-bond donors (Lipinski definition) is 2. The Kier molecular flexibility index (Phi) is 3.16. The smallest absolute Gasteiger partial charge is 0.354 e. The van der Waals surface area contributed by atoms with E-state index in [1.54, 1.807) is 0 Å². The number of nitrogens with one attached hydrogen (secondary N) is 1. The zero-order valence-corrected chi connectivity index (χ0v) is 6.51. The molecule has 0 heterocycles. The molecule has 0 aliphatic heterocycles. The van der Waals surface area contributed by atoms with Gasteiger partial charge in [-0.05, 0) is 12.8 Å². The second-order valence-electron chi connectivity index (χ2n) is 2.87.